The molecule has 15 heavy (non-hydrogen) atoms. The van der Waals surface area contributed by atoms with Gasteiger partial charge in [-0.25, -0.2) is 0 Å². The summed E-state index contributed by atoms with van der Waals surface area (Å²) in [5, 5.41) is 0.832. The minimum atomic E-state index is 0.790. The summed E-state index contributed by atoms with van der Waals surface area (Å²) in [4.78, 5) is 2.61. The molecule has 80 valence electrons. The Hall–Kier alpha value is -0.690. The summed E-state index contributed by atoms with van der Waals surface area (Å²) in [5.41, 5.74) is 1.36. The number of benzene rings is 1. The molecule has 1 nitrogen and oxygen atoms in total. The van der Waals surface area contributed by atoms with Gasteiger partial charge in [-0.2, -0.15) is 0 Å². The summed E-state index contributed by atoms with van der Waals surface area (Å²) < 4.78 is 0. The highest BCUT2D eigenvalue weighted by Gasteiger charge is 2.44. The third-order valence-corrected chi connectivity index (χ3v) is 3.74. The lowest BCUT2D eigenvalue weighted by Gasteiger charge is -2.25. The van der Waals surface area contributed by atoms with Crippen molar-refractivity contribution in [3.05, 3.63) is 29.3 Å². The molecule has 2 saturated carbocycles. The van der Waals surface area contributed by atoms with Gasteiger partial charge in [0.05, 0.1) is 0 Å². The summed E-state index contributed by atoms with van der Waals surface area (Å²) in [6.07, 6.45) is 4.09. The normalized spacial score (nSPS) is 28.9. The lowest BCUT2D eigenvalue weighted by atomic mass is 10.2. The maximum absolute atomic E-state index is 5.92. The summed E-state index contributed by atoms with van der Waals surface area (Å²) in [6.45, 7) is 2.34. The molecule has 0 unspecified atom stereocenters. The van der Waals surface area contributed by atoms with Crippen LogP contribution < -0.4 is 4.90 Å². The minimum absolute atomic E-state index is 0.790. The Kier molecular flexibility index (Phi) is 2.17. The van der Waals surface area contributed by atoms with E-state index in [1.165, 1.54) is 24.9 Å². The molecule has 1 aromatic carbocycles. The van der Waals surface area contributed by atoms with E-state index < -0.39 is 0 Å². The average Bonchev–Trinajstić information content (AvgIpc) is 3.10. The predicted molar refractivity (Wildman–Crippen MR) is 64.5 cm³/mol. The van der Waals surface area contributed by atoms with Crippen LogP contribution in [0.2, 0.25) is 5.02 Å². The highest BCUT2D eigenvalue weighted by molar-refractivity contribution is 6.30. The molecular weight excluding hydrogens is 206 g/mol. The molecule has 0 aromatic heterocycles. The Labute approximate surface area is 96.0 Å². The zero-order valence-electron chi connectivity index (χ0n) is 8.99. The minimum Gasteiger partial charge on any atom is -0.365 e. The van der Waals surface area contributed by atoms with Gasteiger partial charge in [0.25, 0.3) is 0 Å². The molecular formula is C13H16ClN. The van der Waals surface area contributed by atoms with Crippen LogP contribution >= 0.6 is 11.6 Å². The molecule has 1 aromatic rings. The van der Waals surface area contributed by atoms with Crippen molar-refractivity contribution in [1.82, 2.24) is 0 Å². The Morgan fingerprint density at radius 3 is 2.27 bits per heavy atom. The van der Waals surface area contributed by atoms with E-state index in [9.17, 15) is 0 Å². The number of hydrogen-bond acceptors (Lipinski definition) is 1. The standard InChI is InChI=1S/C13H16ClN/c1-9-8-13(9)15(12-6-7-12)11-4-2-10(14)3-5-11/h2-5,9,12-13H,6-8H2,1H3/t9-,13+/m1/s1. The van der Waals surface area contributed by atoms with Crippen LogP contribution in [0.15, 0.2) is 24.3 Å². The fourth-order valence-electron chi connectivity index (χ4n) is 2.33. The van der Waals surface area contributed by atoms with E-state index in [-0.39, 0.29) is 0 Å². The molecule has 0 bridgehead atoms. The van der Waals surface area contributed by atoms with Crippen LogP contribution in [0.3, 0.4) is 0 Å². The first-order chi connectivity index (χ1) is 7.25. The van der Waals surface area contributed by atoms with Crippen molar-refractivity contribution in [1.29, 1.82) is 0 Å². The first kappa shape index (κ1) is 9.53. The molecule has 2 heteroatoms. The molecule has 3 rings (SSSR count). The van der Waals surface area contributed by atoms with Crippen LogP contribution in [-0.2, 0) is 0 Å². The van der Waals surface area contributed by atoms with Gasteiger partial charge in [0.2, 0.25) is 0 Å². The van der Waals surface area contributed by atoms with Gasteiger partial charge in [0.15, 0.2) is 0 Å². The number of hydrogen-bond donors (Lipinski definition) is 0. The topological polar surface area (TPSA) is 3.24 Å². The zero-order valence-corrected chi connectivity index (χ0v) is 9.74. The Morgan fingerprint density at radius 2 is 1.80 bits per heavy atom. The van der Waals surface area contributed by atoms with Gasteiger partial charge < -0.3 is 4.90 Å². The number of rotatable bonds is 3. The van der Waals surface area contributed by atoms with Gasteiger partial charge in [-0.15, -0.1) is 0 Å². The van der Waals surface area contributed by atoms with E-state index in [0.29, 0.717) is 0 Å². The van der Waals surface area contributed by atoms with Gasteiger partial charge >= 0.3 is 0 Å². The summed E-state index contributed by atoms with van der Waals surface area (Å²) >= 11 is 5.92. The van der Waals surface area contributed by atoms with Crippen LogP contribution in [0.1, 0.15) is 26.2 Å². The van der Waals surface area contributed by atoms with Gasteiger partial charge in [0, 0.05) is 22.8 Å². The van der Waals surface area contributed by atoms with Gasteiger partial charge in [-0.05, 0) is 49.4 Å². The molecule has 0 radical (unpaired) electrons. The van der Waals surface area contributed by atoms with Crippen molar-refractivity contribution in [2.75, 3.05) is 4.90 Å². The van der Waals surface area contributed by atoms with Crippen LogP contribution in [0.5, 0.6) is 0 Å². The maximum atomic E-state index is 5.92. The lowest BCUT2D eigenvalue weighted by Crippen LogP contribution is -2.28. The maximum Gasteiger partial charge on any atom is 0.0407 e. The van der Waals surface area contributed by atoms with E-state index in [2.05, 4.69) is 24.0 Å². The molecule has 2 fully saturated rings. The van der Waals surface area contributed by atoms with Crippen LogP contribution in [0, 0.1) is 5.92 Å². The van der Waals surface area contributed by atoms with Crippen molar-refractivity contribution in [2.24, 2.45) is 5.92 Å². The lowest BCUT2D eigenvalue weighted by molar-refractivity contribution is 0.743. The Bertz CT molecular complexity index is 355. The second-order valence-corrected chi connectivity index (χ2v) is 5.33. The molecule has 0 spiro atoms. The van der Waals surface area contributed by atoms with E-state index in [4.69, 9.17) is 11.6 Å². The first-order valence-electron chi connectivity index (χ1n) is 5.79. The third-order valence-electron chi connectivity index (χ3n) is 3.49. The average molecular weight is 222 g/mol. The van der Waals surface area contributed by atoms with E-state index in [1.807, 2.05) is 12.1 Å². The molecule has 0 aliphatic heterocycles. The van der Waals surface area contributed by atoms with Gasteiger partial charge in [-0.1, -0.05) is 18.5 Å². The third kappa shape index (κ3) is 1.85. The van der Waals surface area contributed by atoms with Crippen molar-refractivity contribution in [3.8, 4) is 0 Å². The van der Waals surface area contributed by atoms with Crippen LogP contribution in [0.25, 0.3) is 0 Å². The highest BCUT2D eigenvalue weighted by Crippen LogP contribution is 2.44. The SMILES string of the molecule is C[C@@H]1C[C@@H]1N(c1ccc(Cl)cc1)C1CC1. The molecule has 0 amide bonds. The molecule has 2 aliphatic rings. The number of halogens is 1. The van der Waals surface area contributed by atoms with Gasteiger partial charge in [-0.3, -0.25) is 0 Å². The van der Waals surface area contributed by atoms with Crippen molar-refractivity contribution < 1.29 is 0 Å². The fourth-order valence-corrected chi connectivity index (χ4v) is 2.46. The number of nitrogens with zero attached hydrogens (tertiary/aromatic N) is 1. The van der Waals surface area contributed by atoms with Crippen molar-refractivity contribution >= 4 is 17.3 Å². The predicted octanol–water partition coefficient (Wildman–Crippen LogP) is 3.72. The van der Waals surface area contributed by atoms with E-state index in [0.717, 1.165) is 23.0 Å². The Balaban J connectivity index is 1.85. The molecule has 2 atom stereocenters. The fraction of sp³-hybridized carbons (Fsp3) is 0.538. The number of anilines is 1. The summed E-state index contributed by atoms with van der Waals surface area (Å²) in [5.74, 6) is 0.876. The largest absolute Gasteiger partial charge is 0.365 e. The smallest absolute Gasteiger partial charge is 0.0407 e. The zero-order chi connectivity index (χ0) is 10.4. The van der Waals surface area contributed by atoms with Crippen molar-refractivity contribution in [2.45, 2.75) is 38.3 Å². The quantitative estimate of drug-likeness (QED) is 0.752. The second kappa shape index (κ2) is 3.41. The van der Waals surface area contributed by atoms with E-state index in [1.54, 1.807) is 0 Å². The first-order valence-corrected chi connectivity index (χ1v) is 6.17. The Morgan fingerprint density at radius 1 is 1.20 bits per heavy atom. The van der Waals surface area contributed by atoms with E-state index >= 15 is 0 Å². The monoisotopic (exact) mass is 221 g/mol. The van der Waals surface area contributed by atoms with Gasteiger partial charge in [0.1, 0.15) is 0 Å². The summed E-state index contributed by atoms with van der Waals surface area (Å²) in [7, 11) is 0. The molecule has 0 N–H and O–H groups in total. The second-order valence-electron chi connectivity index (χ2n) is 4.90. The van der Waals surface area contributed by atoms with Crippen LogP contribution in [0.4, 0.5) is 5.69 Å². The summed E-state index contributed by atoms with van der Waals surface area (Å²) in [6, 6.07) is 9.91. The van der Waals surface area contributed by atoms with Crippen LogP contribution in [-0.4, -0.2) is 12.1 Å². The molecule has 2 aliphatic carbocycles. The highest BCUT2D eigenvalue weighted by atomic mass is 35.5. The van der Waals surface area contributed by atoms with Crippen molar-refractivity contribution in [3.63, 3.8) is 0 Å². The molecule has 0 heterocycles. The molecule has 0 saturated heterocycles.